The number of nitrogens with one attached hydrogen (secondary N) is 2. The van der Waals surface area contributed by atoms with Gasteiger partial charge in [-0.1, -0.05) is 53.7 Å². The third kappa shape index (κ3) is 6.56. The number of carbonyl (C=O) groups is 2. The minimum absolute atomic E-state index is 0.0181. The number of thioether (sulfide) groups is 1. The van der Waals surface area contributed by atoms with Crippen LogP contribution in [0.5, 0.6) is 0 Å². The summed E-state index contributed by atoms with van der Waals surface area (Å²) in [6.45, 7) is 4.08. The summed E-state index contributed by atoms with van der Waals surface area (Å²) in [5.74, 6) is 0.316. The summed E-state index contributed by atoms with van der Waals surface area (Å²) in [7, 11) is 3.92. The Bertz CT molecular complexity index is 1090. The van der Waals surface area contributed by atoms with E-state index in [-0.39, 0.29) is 6.04 Å². The van der Waals surface area contributed by atoms with Crippen molar-refractivity contribution in [2.75, 3.05) is 14.1 Å². The summed E-state index contributed by atoms with van der Waals surface area (Å²) in [5, 5.41) is 14.4. The lowest BCUT2D eigenvalue weighted by Crippen LogP contribution is -2.42. The molecule has 3 aromatic rings. The molecule has 2 N–H and O–H groups in total. The van der Waals surface area contributed by atoms with Gasteiger partial charge in [0.15, 0.2) is 11.0 Å². The van der Waals surface area contributed by atoms with Crippen LogP contribution in [0.15, 0.2) is 59.8 Å². The van der Waals surface area contributed by atoms with E-state index in [0.717, 1.165) is 17.1 Å². The van der Waals surface area contributed by atoms with Crippen LogP contribution < -0.4 is 10.6 Å². The van der Waals surface area contributed by atoms with E-state index in [0.29, 0.717) is 16.7 Å². The van der Waals surface area contributed by atoms with Crippen LogP contribution in [0.3, 0.4) is 0 Å². The quantitative estimate of drug-likeness (QED) is 0.467. The van der Waals surface area contributed by atoms with Crippen LogP contribution in [0.4, 0.5) is 4.79 Å². The highest BCUT2D eigenvalue weighted by molar-refractivity contribution is 8.00. The van der Waals surface area contributed by atoms with E-state index in [1.807, 2.05) is 73.0 Å². The molecule has 8 nitrogen and oxygen atoms in total. The molecule has 0 saturated heterocycles. The van der Waals surface area contributed by atoms with Gasteiger partial charge in [-0.15, -0.1) is 10.2 Å². The van der Waals surface area contributed by atoms with Crippen molar-refractivity contribution in [3.05, 3.63) is 71.0 Å². The van der Waals surface area contributed by atoms with Gasteiger partial charge in [0.1, 0.15) is 0 Å². The molecule has 0 aliphatic carbocycles. The van der Waals surface area contributed by atoms with Gasteiger partial charge in [-0.2, -0.15) is 0 Å². The average molecular weight is 487 g/mol. The van der Waals surface area contributed by atoms with E-state index in [1.165, 1.54) is 11.8 Å². The zero-order valence-corrected chi connectivity index (χ0v) is 20.5. The fourth-order valence-electron chi connectivity index (χ4n) is 2.94. The molecule has 1 aromatic heterocycles. The first-order chi connectivity index (χ1) is 15.8. The number of hydrogen-bond acceptors (Lipinski definition) is 6. The summed E-state index contributed by atoms with van der Waals surface area (Å²) in [5.41, 5.74) is 1.78. The van der Waals surface area contributed by atoms with Crippen molar-refractivity contribution in [2.45, 2.75) is 36.8 Å². The number of rotatable bonds is 8. The molecule has 0 aliphatic heterocycles. The highest BCUT2D eigenvalue weighted by Gasteiger charge is 2.25. The third-order valence-electron chi connectivity index (χ3n) is 5.08. The van der Waals surface area contributed by atoms with Gasteiger partial charge >= 0.3 is 6.03 Å². The Morgan fingerprint density at radius 3 is 2.36 bits per heavy atom. The average Bonchev–Trinajstić information content (AvgIpc) is 3.21. The van der Waals surface area contributed by atoms with Crippen LogP contribution in [0.25, 0.3) is 5.69 Å². The first-order valence-electron chi connectivity index (χ1n) is 10.4. The fraction of sp³-hybridized carbons (Fsp3) is 0.304. The molecule has 0 aliphatic rings. The van der Waals surface area contributed by atoms with Gasteiger partial charge in [0.25, 0.3) is 0 Å². The highest BCUT2D eigenvalue weighted by atomic mass is 35.5. The number of aromatic nitrogens is 3. The van der Waals surface area contributed by atoms with Gasteiger partial charge in [-0.05, 0) is 57.8 Å². The van der Waals surface area contributed by atoms with Crippen LogP contribution in [0.1, 0.15) is 31.3 Å². The Balaban J connectivity index is 1.71. The van der Waals surface area contributed by atoms with Crippen LogP contribution in [-0.4, -0.2) is 50.9 Å². The number of benzene rings is 2. The summed E-state index contributed by atoms with van der Waals surface area (Å²) >= 11 is 7.29. The van der Waals surface area contributed by atoms with Gasteiger partial charge in [-0.25, -0.2) is 4.79 Å². The minimum Gasteiger partial charge on any atom is -0.334 e. The molecule has 3 rings (SSSR count). The predicted octanol–water partition coefficient (Wildman–Crippen LogP) is 4.05. The number of hydrogen-bond donors (Lipinski definition) is 2. The van der Waals surface area contributed by atoms with Crippen LogP contribution >= 0.6 is 23.4 Å². The van der Waals surface area contributed by atoms with E-state index in [1.54, 1.807) is 19.1 Å². The molecule has 2 atom stereocenters. The number of nitrogens with zero attached hydrogens (tertiary/aromatic N) is 4. The lowest BCUT2D eigenvalue weighted by molar-refractivity contribution is -0.119. The largest absolute Gasteiger partial charge is 0.334 e. The standard InChI is InChI=1S/C23H27ClN6O2S/c1-15(29(3)4)20-27-28-23(30(20)19-12-10-18(24)11-13-19)33-16(2)21(31)26-22(32)25-14-17-8-6-5-7-9-17/h5-13,15-16H,14H2,1-4H3,(H2,25,26,31,32). The summed E-state index contributed by atoms with van der Waals surface area (Å²) in [6, 6.07) is 16.3. The number of imide groups is 1. The molecule has 33 heavy (non-hydrogen) atoms. The monoisotopic (exact) mass is 486 g/mol. The smallest absolute Gasteiger partial charge is 0.321 e. The van der Waals surface area contributed by atoms with Gasteiger partial charge in [0.2, 0.25) is 5.91 Å². The van der Waals surface area contributed by atoms with Crippen molar-refractivity contribution in [1.82, 2.24) is 30.3 Å². The predicted molar refractivity (Wildman–Crippen MR) is 131 cm³/mol. The highest BCUT2D eigenvalue weighted by Crippen LogP contribution is 2.29. The van der Waals surface area contributed by atoms with E-state index >= 15 is 0 Å². The third-order valence-corrected chi connectivity index (χ3v) is 6.37. The Morgan fingerprint density at radius 2 is 1.73 bits per heavy atom. The van der Waals surface area contributed by atoms with Crippen molar-refractivity contribution in [2.24, 2.45) is 0 Å². The van der Waals surface area contributed by atoms with Crippen LogP contribution in [0, 0.1) is 0 Å². The molecular weight excluding hydrogens is 460 g/mol. The van der Waals surface area contributed by atoms with E-state index in [4.69, 9.17) is 11.6 Å². The van der Waals surface area contributed by atoms with Gasteiger partial charge in [-0.3, -0.25) is 19.6 Å². The van der Waals surface area contributed by atoms with Gasteiger partial charge in [0, 0.05) is 17.3 Å². The van der Waals surface area contributed by atoms with Crippen molar-refractivity contribution >= 4 is 35.3 Å². The van der Waals surface area contributed by atoms with Crippen molar-refractivity contribution < 1.29 is 9.59 Å². The molecule has 0 spiro atoms. The number of amides is 3. The zero-order chi connectivity index (χ0) is 24.0. The lowest BCUT2D eigenvalue weighted by Gasteiger charge is -2.21. The molecule has 2 aromatic carbocycles. The van der Waals surface area contributed by atoms with Crippen molar-refractivity contribution in [1.29, 1.82) is 0 Å². The van der Waals surface area contributed by atoms with Crippen LogP contribution in [-0.2, 0) is 11.3 Å². The maximum Gasteiger partial charge on any atom is 0.321 e. The second-order valence-electron chi connectivity index (χ2n) is 7.71. The topological polar surface area (TPSA) is 92.2 Å². The molecule has 1 heterocycles. The molecule has 0 bridgehead atoms. The molecule has 3 amide bonds. The first-order valence-corrected chi connectivity index (χ1v) is 11.7. The van der Waals surface area contributed by atoms with E-state index in [2.05, 4.69) is 20.8 Å². The molecule has 10 heteroatoms. The van der Waals surface area contributed by atoms with Crippen molar-refractivity contribution in [3.63, 3.8) is 0 Å². The molecule has 0 fully saturated rings. The first kappa shape index (κ1) is 24.8. The summed E-state index contributed by atoms with van der Waals surface area (Å²) in [6.07, 6.45) is 0. The van der Waals surface area contributed by atoms with Gasteiger partial charge < -0.3 is 5.32 Å². The Hall–Kier alpha value is -2.88. The molecule has 0 saturated carbocycles. The number of halogens is 1. The molecule has 174 valence electrons. The second-order valence-corrected chi connectivity index (χ2v) is 9.45. The molecule has 2 unspecified atom stereocenters. The minimum atomic E-state index is -0.578. The Kier molecular flexibility index (Phi) is 8.49. The van der Waals surface area contributed by atoms with E-state index in [9.17, 15) is 9.59 Å². The SMILES string of the molecule is CC(Sc1nnc(C(C)N(C)C)n1-c1ccc(Cl)cc1)C(=O)NC(=O)NCc1ccccc1. The zero-order valence-electron chi connectivity index (χ0n) is 18.9. The summed E-state index contributed by atoms with van der Waals surface area (Å²) in [4.78, 5) is 26.8. The lowest BCUT2D eigenvalue weighted by atomic mass is 10.2. The Morgan fingerprint density at radius 1 is 1.06 bits per heavy atom. The number of carbonyl (C=O) groups excluding carboxylic acids is 2. The maximum absolute atomic E-state index is 12.6. The second kappa shape index (κ2) is 11.3. The van der Waals surface area contributed by atoms with Crippen LogP contribution in [0.2, 0.25) is 5.02 Å². The normalized spacial score (nSPS) is 12.9. The summed E-state index contributed by atoms with van der Waals surface area (Å²) < 4.78 is 1.91. The van der Waals surface area contributed by atoms with Gasteiger partial charge in [0.05, 0.1) is 11.3 Å². The Labute approximate surface area is 202 Å². The fourth-order valence-corrected chi connectivity index (χ4v) is 3.94. The number of urea groups is 1. The molecular formula is C23H27ClN6O2S. The van der Waals surface area contributed by atoms with E-state index < -0.39 is 17.2 Å². The van der Waals surface area contributed by atoms with Crippen molar-refractivity contribution in [3.8, 4) is 5.69 Å². The maximum atomic E-state index is 12.6. The molecule has 0 radical (unpaired) electrons.